The van der Waals surface area contributed by atoms with Crippen LogP contribution in [-0.4, -0.2) is 30.0 Å². The van der Waals surface area contributed by atoms with Crippen LogP contribution in [0.5, 0.6) is 5.75 Å². The Morgan fingerprint density at radius 1 is 1.16 bits per heavy atom. The Kier molecular flexibility index (Phi) is 7.29. The molecule has 0 saturated heterocycles. The summed E-state index contributed by atoms with van der Waals surface area (Å²) in [6.07, 6.45) is -0.604. The topological polar surface area (TPSA) is 41.6 Å². The van der Waals surface area contributed by atoms with Crippen molar-refractivity contribution in [2.45, 2.75) is 33.4 Å². The summed E-state index contributed by atoms with van der Waals surface area (Å²) in [5.41, 5.74) is 1.95. The molecule has 25 heavy (non-hydrogen) atoms. The van der Waals surface area contributed by atoms with Gasteiger partial charge in [-0.1, -0.05) is 37.6 Å². The van der Waals surface area contributed by atoms with Crippen molar-refractivity contribution < 1.29 is 9.53 Å². The van der Waals surface area contributed by atoms with Crippen molar-refractivity contribution in [1.29, 1.82) is 0 Å². The largest absolute Gasteiger partial charge is 0.481 e. The maximum Gasteiger partial charge on any atom is 0.265 e. The lowest BCUT2D eigenvalue weighted by molar-refractivity contribution is -0.122. The van der Waals surface area contributed by atoms with Gasteiger partial charge >= 0.3 is 0 Å². The van der Waals surface area contributed by atoms with Gasteiger partial charge in [-0.3, -0.25) is 9.69 Å². The van der Waals surface area contributed by atoms with Crippen LogP contribution in [0.3, 0.4) is 0 Å². The van der Waals surface area contributed by atoms with E-state index in [4.69, 9.17) is 16.3 Å². The van der Waals surface area contributed by atoms with Crippen LogP contribution in [-0.2, 0) is 11.3 Å². The normalized spacial score (nSPS) is 12.0. The molecule has 134 valence electrons. The van der Waals surface area contributed by atoms with Crippen molar-refractivity contribution in [3.05, 3.63) is 59.1 Å². The van der Waals surface area contributed by atoms with Crippen molar-refractivity contribution in [1.82, 2.24) is 4.90 Å². The molecule has 1 atom stereocenters. The highest BCUT2D eigenvalue weighted by Crippen LogP contribution is 2.18. The Morgan fingerprint density at radius 2 is 1.84 bits per heavy atom. The van der Waals surface area contributed by atoms with Crippen LogP contribution in [0.2, 0.25) is 5.02 Å². The smallest absolute Gasteiger partial charge is 0.265 e. The molecule has 0 spiro atoms. The third kappa shape index (κ3) is 6.07. The van der Waals surface area contributed by atoms with E-state index in [0.29, 0.717) is 10.8 Å². The van der Waals surface area contributed by atoms with Gasteiger partial charge in [0.25, 0.3) is 5.91 Å². The zero-order chi connectivity index (χ0) is 18.2. The van der Waals surface area contributed by atoms with Crippen LogP contribution < -0.4 is 10.1 Å². The number of anilines is 1. The van der Waals surface area contributed by atoms with Crippen molar-refractivity contribution >= 4 is 23.2 Å². The standard InChI is InChI=1S/C20H25ClN2O2/c1-4-23(5-2)14-16-7-6-8-18(13-16)22-20(24)15(3)25-19-11-9-17(21)10-12-19/h6-13,15H,4-5,14H2,1-3H3,(H,22,24). The van der Waals surface area contributed by atoms with Gasteiger partial charge in [-0.05, 0) is 62.0 Å². The summed E-state index contributed by atoms with van der Waals surface area (Å²) in [7, 11) is 0. The number of amides is 1. The molecule has 0 fully saturated rings. The fourth-order valence-corrected chi connectivity index (χ4v) is 2.59. The Labute approximate surface area is 154 Å². The lowest BCUT2D eigenvalue weighted by Crippen LogP contribution is -2.30. The van der Waals surface area contributed by atoms with E-state index in [-0.39, 0.29) is 5.91 Å². The number of rotatable bonds is 8. The van der Waals surface area contributed by atoms with E-state index < -0.39 is 6.10 Å². The first-order valence-corrected chi connectivity index (χ1v) is 8.94. The summed E-state index contributed by atoms with van der Waals surface area (Å²) in [6.45, 7) is 8.88. The highest BCUT2D eigenvalue weighted by atomic mass is 35.5. The van der Waals surface area contributed by atoms with Gasteiger partial charge in [-0.2, -0.15) is 0 Å². The molecule has 0 bridgehead atoms. The van der Waals surface area contributed by atoms with Crippen LogP contribution in [0.15, 0.2) is 48.5 Å². The third-order valence-corrected chi connectivity index (χ3v) is 4.24. The number of nitrogens with zero attached hydrogens (tertiary/aromatic N) is 1. The Morgan fingerprint density at radius 3 is 2.48 bits per heavy atom. The van der Waals surface area contributed by atoms with Crippen LogP contribution >= 0.6 is 11.6 Å². The number of nitrogens with one attached hydrogen (secondary N) is 1. The van der Waals surface area contributed by atoms with Crippen molar-refractivity contribution in [2.75, 3.05) is 18.4 Å². The molecular weight excluding hydrogens is 336 g/mol. The third-order valence-electron chi connectivity index (χ3n) is 3.99. The quantitative estimate of drug-likeness (QED) is 0.748. The van der Waals surface area contributed by atoms with Gasteiger partial charge in [0.05, 0.1) is 0 Å². The number of benzene rings is 2. The van der Waals surface area contributed by atoms with E-state index in [0.717, 1.165) is 25.3 Å². The molecule has 1 unspecified atom stereocenters. The van der Waals surface area contributed by atoms with Crippen molar-refractivity contribution in [3.63, 3.8) is 0 Å². The molecule has 1 amide bonds. The molecule has 0 aliphatic rings. The maximum absolute atomic E-state index is 12.4. The lowest BCUT2D eigenvalue weighted by Gasteiger charge is -2.19. The van der Waals surface area contributed by atoms with E-state index in [1.807, 2.05) is 18.2 Å². The summed E-state index contributed by atoms with van der Waals surface area (Å²) in [5.74, 6) is 0.428. The zero-order valence-corrected chi connectivity index (χ0v) is 15.7. The predicted octanol–water partition coefficient (Wildman–Crippen LogP) is 4.59. The molecule has 0 aliphatic carbocycles. The fourth-order valence-electron chi connectivity index (χ4n) is 2.47. The first kappa shape index (κ1) is 19.3. The molecule has 1 N–H and O–H groups in total. The summed E-state index contributed by atoms with van der Waals surface area (Å²) in [4.78, 5) is 14.7. The van der Waals surface area contributed by atoms with Gasteiger partial charge in [0.1, 0.15) is 5.75 Å². The van der Waals surface area contributed by atoms with E-state index in [2.05, 4.69) is 30.1 Å². The Balaban J connectivity index is 1.96. The van der Waals surface area contributed by atoms with Crippen LogP contribution in [0.1, 0.15) is 26.3 Å². The Hall–Kier alpha value is -2.04. The van der Waals surface area contributed by atoms with Crippen LogP contribution in [0.25, 0.3) is 0 Å². The molecule has 2 rings (SSSR count). The minimum atomic E-state index is -0.604. The summed E-state index contributed by atoms with van der Waals surface area (Å²) >= 11 is 5.85. The number of halogens is 1. The van der Waals surface area contributed by atoms with Crippen LogP contribution in [0.4, 0.5) is 5.69 Å². The first-order valence-electron chi connectivity index (χ1n) is 8.56. The number of hydrogen-bond acceptors (Lipinski definition) is 3. The summed E-state index contributed by atoms with van der Waals surface area (Å²) in [5, 5.41) is 3.55. The molecular formula is C20H25ClN2O2. The molecule has 5 heteroatoms. The number of carbonyl (C=O) groups is 1. The summed E-state index contributed by atoms with van der Waals surface area (Å²) < 4.78 is 5.65. The molecule has 2 aromatic carbocycles. The van der Waals surface area contributed by atoms with Gasteiger partial charge < -0.3 is 10.1 Å². The zero-order valence-electron chi connectivity index (χ0n) is 15.0. The van der Waals surface area contributed by atoms with Gasteiger partial charge in [-0.15, -0.1) is 0 Å². The van der Waals surface area contributed by atoms with E-state index in [1.54, 1.807) is 31.2 Å². The van der Waals surface area contributed by atoms with Gasteiger partial charge in [0.2, 0.25) is 0 Å². The fraction of sp³-hybridized carbons (Fsp3) is 0.350. The minimum Gasteiger partial charge on any atom is -0.481 e. The van der Waals surface area contributed by atoms with Gasteiger partial charge in [0, 0.05) is 17.3 Å². The van der Waals surface area contributed by atoms with Crippen LogP contribution in [0, 0.1) is 0 Å². The second-order valence-electron chi connectivity index (χ2n) is 5.87. The van der Waals surface area contributed by atoms with Gasteiger partial charge in [0.15, 0.2) is 6.10 Å². The molecule has 4 nitrogen and oxygen atoms in total. The number of ether oxygens (including phenoxy) is 1. The Bertz CT molecular complexity index is 684. The molecule has 0 aliphatic heterocycles. The van der Waals surface area contributed by atoms with Crippen molar-refractivity contribution in [2.24, 2.45) is 0 Å². The summed E-state index contributed by atoms with van der Waals surface area (Å²) in [6, 6.07) is 14.9. The number of carbonyl (C=O) groups excluding carboxylic acids is 1. The van der Waals surface area contributed by atoms with Gasteiger partial charge in [-0.25, -0.2) is 0 Å². The highest BCUT2D eigenvalue weighted by Gasteiger charge is 2.15. The molecule has 0 aromatic heterocycles. The average Bonchev–Trinajstić information content (AvgIpc) is 2.61. The SMILES string of the molecule is CCN(CC)Cc1cccc(NC(=O)C(C)Oc2ccc(Cl)cc2)c1. The average molecular weight is 361 g/mol. The number of hydrogen-bond donors (Lipinski definition) is 1. The second kappa shape index (κ2) is 9.44. The van der Waals surface area contributed by atoms with E-state index in [9.17, 15) is 4.79 Å². The minimum absolute atomic E-state index is 0.185. The predicted molar refractivity (Wildman–Crippen MR) is 103 cm³/mol. The molecule has 0 saturated carbocycles. The monoisotopic (exact) mass is 360 g/mol. The van der Waals surface area contributed by atoms with E-state index >= 15 is 0 Å². The maximum atomic E-state index is 12.4. The first-order chi connectivity index (χ1) is 12.0. The molecule has 0 radical (unpaired) electrons. The highest BCUT2D eigenvalue weighted by molar-refractivity contribution is 6.30. The van der Waals surface area contributed by atoms with Crippen molar-refractivity contribution in [3.8, 4) is 5.75 Å². The molecule has 2 aromatic rings. The lowest BCUT2D eigenvalue weighted by atomic mass is 10.2. The van der Waals surface area contributed by atoms with E-state index in [1.165, 1.54) is 5.56 Å². The molecule has 0 heterocycles. The second-order valence-corrected chi connectivity index (χ2v) is 6.30.